The van der Waals surface area contributed by atoms with Crippen LogP contribution in [0.15, 0.2) is 34.9 Å². The zero-order valence-electron chi connectivity index (χ0n) is 14.7. The van der Waals surface area contributed by atoms with E-state index >= 15 is 0 Å². The lowest BCUT2D eigenvalue weighted by molar-refractivity contribution is -0.116. The first kappa shape index (κ1) is 16.8. The molecule has 128 valence electrons. The van der Waals surface area contributed by atoms with Crippen LogP contribution in [0.3, 0.4) is 0 Å². The van der Waals surface area contributed by atoms with E-state index in [2.05, 4.69) is 36.6 Å². The lowest BCUT2D eigenvalue weighted by Crippen LogP contribution is -2.35. The maximum atomic E-state index is 12.3. The number of fused-ring (bicyclic) bond motifs is 1. The topological polar surface area (TPSA) is 54.3 Å². The highest BCUT2D eigenvalue weighted by Crippen LogP contribution is 2.30. The zero-order valence-corrected chi connectivity index (χ0v) is 14.7. The SMILES string of the molecule is Cc1ccc(NC(=O)CC(C)NC2CCCc3occc32)c(C)c1. The largest absolute Gasteiger partial charge is 0.469 e. The van der Waals surface area contributed by atoms with Crippen LogP contribution in [0.5, 0.6) is 0 Å². The van der Waals surface area contributed by atoms with Crippen LogP contribution in [-0.4, -0.2) is 11.9 Å². The van der Waals surface area contributed by atoms with Crippen molar-refractivity contribution in [2.45, 2.75) is 58.5 Å². The number of carbonyl (C=O) groups is 1. The van der Waals surface area contributed by atoms with E-state index in [1.54, 1.807) is 6.26 Å². The molecule has 4 heteroatoms. The molecule has 4 nitrogen and oxygen atoms in total. The number of rotatable bonds is 5. The van der Waals surface area contributed by atoms with Gasteiger partial charge in [0.05, 0.1) is 6.26 Å². The van der Waals surface area contributed by atoms with Gasteiger partial charge in [0, 0.05) is 36.2 Å². The average molecular weight is 326 g/mol. The molecular formula is C20H26N2O2. The number of furan rings is 1. The Morgan fingerprint density at radius 3 is 2.96 bits per heavy atom. The maximum absolute atomic E-state index is 12.3. The Bertz CT molecular complexity index is 720. The van der Waals surface area contributed by atoms with E-state index in [-0.39, 0.29) is 18.0 Å². The number of amides is 1. The van der Waals surface area contributed by atoms with Crippen LogP contribution in [0.4, 0.5) is 5.69 Å². The fourth-order valence-corrected chi connectivity index (χ4v) is 3.50. The minimum absolute atomic E-state index is 0.0465. The molecule has 0 aliphatic heterocycles. The first-order valence-electron chi connectivity index (χ1n) is 8.72. The second-order valence-corrected chi connectivity index (χ2v) is 6.88. The lowest BCUT2D eigenvalue weighted by atomic mass is 9.92. The Kier molecular flexibility index (Phi) is 5.05. The number of benzene rings is 1. The van der Waals surface area contributed by atoms with E-state index in [0.29, 0.717) is 6.42 Å². The summed E-state index contributed by atoms with van der Waals surface area (Å²) in [7, 11) is 0. The second-order valence-electron chi connectivity index (χ2n) is 6.88. The van der Waals surface area contributed by atoms with Gasteiger partial charge in [0.25, 0.3) is 0 Å². The molecule has 0 saturated heterocycles. The molecule has 2 aromatic rings. The van der Waals surface area contributed by atoms with Crippen molar-refractivity contribution in [2.24, 2.45) is 0 Å². The van der Waals surface area contributed by atoms with E-state index in [1.807, 2.05) is 19.1 Å². The van der Waals surface area contributed by atoms with Crippen LogP contribution >= 0.6 is 0 Å². The van der Waals surface area contributed by atoms with E-state index in [9.17, 15) is 4.79 Å². The number of anilines is 1. The van der Waals surface area contributed by atoms with Crippen LogP contribution in [0, 0.1) is 13.8 Å². The van der Waals surface area contributed by atoms with Gasteiger partial charge >= 0.3 is 0 Å². The molecule has 0 saturated carbocycles. The van der Waals surface area contributed by atoms with Crippen molar-refractivity contribution >= 4 is 11.6 Å². The van der Waals surface area contributed by atoms with Crippen LogP contribution in [0.2, 0.25) is 0 Å². The lowest BCUT2D eigenvalue weighted by Gasteiger charge is -2.26. The quantitative estimate of drug-likeness (QED) is 0.862. The van der Waals surface area contributed by atoms with Gasteiger partial charge < -0.3 is 15.1 Å². The van der Waals surface area contributed by atoms with E-state index in [0.717, 1.165) is 36.3 Å². The molecule has 0 radical (unpaired) electrons. The normalized spacial score (nSPS) is 18.0. The van der Waals surface area contributed by atoms with Crippen LogP contribution < -0.4 is 10.6 Å². The van der Waals surface area contributed by atoms with Crippen molar-refractivity contribution in [1.82, 2.24) is 5.32 Å². The molecule has 3 rings (SSSR count). The number of nitrogens with one attached hydrogen (secondary N) is 2. The summed E-state index contributed by atoms with van der Waals surface area (Å²) in [5.41, 5.74) is 4.45. The summed E-state index contributed by atoms with van der Waals surface area (Å²) in [5.74, 6) is 1.14. The molecule has 2 atom stereocenters. The second kappa shape index (κ2) is 7.22. The molecule has 1 aliphatic carbocycles. The standard InChI is InChI=1S/C20H26N2O2/c1-13-7-8-17(14(2)11-13)22-20(23)12-15(3)21-18-5-4-6-19-16(18)9-10-24-19/h7-11,15,18,21H,4-6,12H2,1-3H3,(H,22,23). The summed E-state index contributed by atoms with van der Waals surface area (Å²) in [5, 5.41) is 6.60. The van der Waals surface area contributed by atoms with Gasteiger partial charge in [-0.3, -0.25) is 4.79 Å². The predicted molar refractivity (Wildman–Crippen MR) is 96.1 cm³/mol. The van der Waals surface area contributed by atoms with Gasteiger partial charge in [-0.2, -0.15) is 0 Å². The van der Waals surface area contributed by atoms with Gasteiger partial charge in [-0.25, -0.2) is 0 Å². The molecular weight excluding hydrogens is 300 g/mol. The van der Waals surface area contributed by atoms with Crippen LogP contribution in [0.1, 0.15) is 54.7 Å². The third kappa shape index (κ3) is 3.88. The zero-order chi connectivity index (χ0) is 17.1. The highest BCUT2D eigenvalue weighted by atomic mass is 16.3. The number of carbonyl (C=O) groups excluding carboxylic acids is 1. The Morgan fingerprint density at radius 2 is 2.17 bits per heavy atom. The van der Waals surface area contributed by atoms with Crippen molar-refractivity contribution in [3.8, 4) is 0 Å². The molecule has 0 spiro atoms. The predicted octanol–water partition coefficient (Wildman–Crippen LogP) is 4.28. The van der Waals surface area contributed by atoms with Gasteiger partial charge in [-0.15, -0.1) is 0 Å². The third-order valence-corrected chi connectivity index (χ3v) is 4.69. The summed E-state index contributed by atoms with van der Waals surface area (Å²) in [4.78, 5) is 12.3. The molecule has 1 aliphatic rings. The molecule has 24 heavy (non-hydrogen) atoms. The van der Waals surface area contributed by atoms with Gasteiger partial charge in [-0.05, 0) is 51.3 Å². The number of hydrogen-bond donors (Lipinski definition) is 2. The highest BCUT2D eigenvalue weighted by molar-refractivity contribution is 5.91. The fourth-order valence-electron chi connectivity index (χ4n) is 3.50. The van der Waals surface area contributed by atoms with Gasteiger partial charge in [-0.1, -0.05) is 17.7 Å². The highest BCUT2D eigenvalue weighted by Gasteiger charge is 2.24. The molecule has 2 unspecified atom stereocenters. The summed E-state index contributed by atoms with van der Waals surface area (Å²) in [6.07, 6.45) is 5.45. The van der Waals surface area contributed by atoms with Crippen molar-refractivity contribution in [1.29, 1.82) is 0 Å². The van der Waals surface area contributed by atoms with Gasteiger partial charge in [0.1, 0.15) is 5.76 Å². The molecule has 0 fully saturated rings. The fraction of sp³-hybridized carbons (Fsp3) is 0.450. The first-order valence-corrected chi connectivity index (χ1v) is 8.72. The molecule has 1 amide bonds. The van der Waals surface area contributed by atoms with Crippen molar-refractivity contribution < 1.29 is 9.21 Å². The Morgan fingerprint density at radius 1 is 1.33 bits per heavy atom. The first-order chi connectivity index (χ1) is 11.5. The summed E-state index contributed by atoms with van der Waals surface area (Å²) >= 11 is 0. The Balaban J connectivity index is 1.55. The molecule has 1 heterocycles. The summed E-state index contributed by atoms with van der Waals surface area (Å²) < 4.78 is 5.53. The van der Waals surface area contributed by atoms with E-state index < -0.39 is 0 Å². The summed E-state index contributed by atoms with van der Waals surface area (Å²) in [6.45, 7) is 6.14. The minimum atomic E-state index is 0.0465. The Labute approximate surface area is 143 Å². The Hall–Kier alpha value is -2.07. The van der Waals surface area contributed by atoms with Crippen LogP contribution in [0.25, 0.3) is 0 Å². The van der Waals surface area contributed by atoms with Crippen molar-refractivity contribution in [2.75, 3.05) is 5.32 Å². The molecule has 1 aromatic carbocycles. The van der Waals surface area contributed by atoms with E-state index in [4.69, 9.17) is 4.42 Å². The number of hydrogen-bond acceptors (Lipinski definition) is 3. The monoisotopic (exact) mass is 326 g/mol. The molecule has 2 N–H and O–H groups in total. The molecule has 0 bridgehead atoms. The van der Waals surface area contributed by atoms with E-state index in [1.165, 1.54) is 11.1 Å². The van der Waals surface area contributed by atoms with Crippen LogP contribution in [-0.2, 0) is 11.2 Å². The molecule has 1 aromatic heterocycles. The number of aryl methyl sites for hydroxylation is 3. The average Bonchev–Trinajstić information content (AvgIpc) is 2.99. The maximum Gasteiger partial charge on any atom is 0.225 e. The smallest absolute Gasteiger partial charge is 0.225 e. The minimum Gasteiger partial charge on any atom is -0.469 e. The summed E-state index contributed by atoms with van der Waals surface area (Å²) in [6, 6.07) is 8.53. The van der Waals surface area contributed by atoms with Crippen molar-refractivity contribution in [3.05, 3.63) is 53.0 Å². The third-order valence-electron chi connectivity index (χ3n) is 4.69. The van der Waals surface area contributed by atoms with Gasteiger partial charge in [0.2, 0.25) is 5.91 Å². The van der Waals surface area contributed by atoms with Crippen molar-refractivity contribution in [3.63, 3.8) is 0 Å². The van der Waals surface area contributed by atoms with Gasteiger partial charge in [0.15, 0.2) is 0 Å².